The molecule has 536 valence electrons. The highest BCUT2D eigenvalue weighted by molar-refractivity contribution is 6.14. The van der Waals surface area contributed by atoms with Gasteiger partial charge in [0.25, 0.3) is 0 Å². The first kappa shape index (κ1) is 66.9. The summed E-state index contributed by atoms with van der Waals surface area (Å²) in [4.78, 5) is 4.68. The Kier molecular flexibility index (Phi) is 16.8. The molecule has 0 spiro atoms. The third-order valence-corrected chi connectivity index (χ3v) is 22.4. The summed E-state index contributed by atoms with van der Waals surface area (Å²) in [6.07, 6.45) is 0. The molecule has 0 saturated carbocycles. The highest BCUT2D eigenvalue weighted by Gasteiger charge is 2.24. The van der Waals surface area contributed by atoms with E-state index in [1.807, 2.05) is 18.2 Å². The van der Waals surface area contributed by atoms with Gasteiger partial charge in [0.05, 0.1) is 27.8 Å². The molecule has 0 atom stereocenters. The van der Waals surface area contributed by atoms with Crippen molar-refractivity contribution < 1.29 is 8.83 Å². The maximum absolute atomic E-state index is 6.77. The quantitative estimate of drug-likeness (QED) is 0.109. The monoisotopic (exact) mass is 1460 g/mol. The van der Waals surface area contributed by atoms with E-state index in [9.17, 15) is 0 Å². The van der Waals surface area contributed by atoms with Crippen molar-refractivity contribution in [2.24, 2.45) is 0 Å². The van der Waals surface area contributed by atoms with Crippen molar-refractivity contribution in [2.75, 3.05) is 9.80 Å². The molecule has 18 aromatic carbocycles. The molecule has 0 fully saturated rings. The molecule has 114 heavy (non-hydrogen) atoms. The van der Waals surface area contributed by atoms with Crippen LogP contribution in [0, 0.1) is 0 Å². The summed E-state index contributed by atoms with van der Waals surface area (Å²) in [5, 5.41) is 9.46. The summed E-state index contributed by atoms with van der Waals surface area (Å²) in [6, 6.07) is 156. The van der Waals surface area contributed by atoms with E-state index in [1.165, 1.54) is 82.6 Å². The van der Waals surface area contributed by atoms with Crippen LogP contribution < -0.4 is 9.80 Å². The number of rotatable bonds is 14. The Hall–Kier alpha value is -15.2. The van der Waals surface area contributed by atoms with Gasteiger partial charge in [-0.05, 0) is 195 Å². The van der Waals surface area contributed by atoms with Crippen molar-refractivity contribution >= 4 is 122 Å². The molecule has 0 radical (unpaired) electrons. The smallest absolute Gasteiger partial charge is 0.159 e. The first-order valence-electron chi connectivity index (χ1n) is 38.8. The Morgan fingerprint density at radius 1 is 0.175 bits per heavy atom. The minimum atomic E-state index is 0.850. The zero-order chi connectivity index (χ0) is 75.4. The lowest BCUT2D eigenvalue weighted by Gasteiger charge is -2.27. The fourth-order valence-electron chi connectivity index (χ4n) is 16.9. The average molecular weight is 1460 g/mol. The van der Waals surface area contributed by atoms with E-state index in [4.69, 9.17) is 8.83 Å². The SMILES string of the molecule is c1ccc(-c2ccc(-c3ccc(N(c4ccc(-c5cccc6c5oc5ccccc56)cc4)c4ccc(-n5c6ccccc6c6ccccc65)cc4)cc3)cc2)cc1.c1ccc(-c2ccc(-c3ccc(N(c4ccc(-n5c6ccccc6c6ccccc65)cc4)c4cc(-c5ccccc5)cc5c4oc4ccccc45)cc3)cc2)cc1. The number of furan rings is 2. The largest absolute Gasteiger partial charge is 0.455 e. The van der Waals surface area contributed by atoms with Gasteiger partial charge in [-0.15, -0.1) is 0 Å². The predicted octanol–water partition coefficient (Wildman–Crippen LogP) is 30.3. The van der Waals surface area contributed by atoms with Crippen molar-refractivity contribution in [3.8, 4) is 78.1 Å². The average Bonchev–Trinajstić information content (AvgIpc) is 1.59. The van der Waals surface area contributed by atoms with Gasteiger partial charge < -0.3 is 27.8 Å². The van der Waals surface area contributed by atoms with E-state index in [1.54, 1.807) is 0 Å². The van der Waals surface area contributed by atoms with Crippen molar-refractivity contribution in [2.45, 2.75) is 0 Å². The minimum Gasteiger partial charge on any atom is -0.455 e. The second-order valence-electron chi connectivity index (χ2n) is 29.1. The normalized spacial score (nSPS) is 11.5. The van der Waals surface area contributed by atoms with Crippen LogP contribution in [-0.4, -0.2) is 9.13 Å². The van der Waals surface area contributed by atoms with Crippen molar-refractivity contribution in [3.05, 3.63) is 437 Å². The molecule has 6 heteroatoms. The summed E-state index contributed by atoms with van der Waals surface area (Å²) in [6.45, 7) is 0. The molecule has 6 nitrogen and oxygen atoms in total. The lowest BCUT2D eigenvalue weighted by Crippen LogP contribution is -2.10. The van der Waals surface area contributed by atoms with Gasteiger partial charge in [0.2, 0.25) is 0 Å². The fourth-order valence-corrected chi connectivity index (χ4v) is 16.9. The topological polar surface area (TPSA) is 42.6 Å². The highest BCUT2D eigenvalue weighted by atomic mass is 16.3. The van der Waals surface area contributed by atoms with Crippen LogP contribution in [0.15, 0.2) is 446 Å². The summed E-state index contributed by atoms with van der Waals surface area (Å²) in [5.41, 5.74) is 30.9. The number of hydrogen-bond acceptors (Lipinski definition) is 4. The molecule has 0 saturated heterocycles. The maximum Gasteiger partial charge on any atom is 0.159 e. The molecule has 0 unspecified atom stereocenters. The van der Waals surface area contributed by atoms with E-state index in [2.05, 4.69) is 438 Å². The van der Waals surface area contributed by atoms with Crippen molar-refractivity contribution in [3.63, 3.8) is 0 Å². The molecule has 22 aromatic rings. The molecule has 4 heterocycles. The molecule has 22 rings (SSSR count). The molecule has 4 aromatic heterocycles. The third-order valence-electron chi connectivity index (χ3n) is 22.4. The van der Waals surface area contributed by atoms with Crippen LogP contribution in [0.1, 0.15) is 0 Å². The molecular formula is C108H72N4O2. The van der Waals surface area contributed by atoms with Gasteiger partial charge in [0.15, 0.2) is 5.58 Å². The number of nitrogens with zero attached hydrogens (tertiary/aromatic N) is 4. The van der Waals surface area contributed by atoms with E-state index in [-0.39, 0.29) is 0 Å². The van der Waals surface area contributed by atoms with Gasteiger partial charge >= 0.3 is 0 Å². The molecular weight excluding hydrogens is 1390 g/mol. The zero-order valence-electron chi connectivity index (χ0n) is 62.2. The lowest BCUT2D eigenvalue weighted by molar-refractivity contribution is 0.669. The van der Waals surface area contributed by atoms with E-state index in [0.29, 0.717) is 0 Å². The van der Waals surface area contributed by atoms with Crippen molar-refractivity contribution in [1.82, 2.24) is 9.13 Å². The van der Waals surface area contributed by atoms with E-state index in [0.717, 1.165) is 117 Å². The molecule has 0 N–H and O–H groups in total. The minimum absolute atomic E-state index is 0.850. The number of aromatic nitrogens is 2. The van der Waals surface area contributed by atoms with Crippen LogP contribution in [0.5, 0.6) is 0 Å². The number of benzene rings is 18. The Morgan fingerprint density at radius 3 is 0.851 bits per heavy atom. The fraction of sp³-hybridized carbons (Fsp3) is 0. The molecule has 0 bridgehead atoms. The van der Waals surface area contributed by atoms with E-state index >= 15 is 0 Å². The van der Waals surface area contributed by atoms with Gasteiger partial charge in [-0.1, -0.05) is 303 Å². The summed E-state index contributed by atoms with van der Waals surface area (Å²) >= 11 is 0. The van der Waals surface area contributed by atoms with Crippen LogP contribution >= 0.6 is 0 Å². The van der Waals surface area contributed by atoms with Gasteiger partial charge in [-0.25, -0.2) is 0 Å². The number of fused-ring (bicyclic) bond motifs is 12. The van der Waals surface area contributed by atoms with Gasteiger partial charge in [0.1, 0.15) is 16.7 Å². The van der Waals surface area contributed by atoms with Gasteiger partial charge in [-0.2, -0.15) is 0 Å². The van der Waals surface area contributed by atoms with E-state index < -0.39 is 0 Å². The van der Waals surface area contributed by atoms with Crippen molar-refractivity contribution in [1.29, 1.82) is 0 Å². The van der Waals surface area contributed by atoms with Gasteiger partial charge in [-0.3, -0.25) is 0 Å². The Labute approximate surface area is 660 Å². The lowest BCUT2D eigenvalue weighted by atomic mass is 9.99. The summed E-state index contributed by atoms with van der Waals surface area (Å²) in [5.74, 6) is 0. The summed E-state index contributed by atoms with van der Waals surface area (Å²) in [7, 11) is 0. The maximum atomic E-state index is 6.77. The first-order valence-corrected chi connectivity index (χ1v) is 38.8. The molecule has 0 amide bonds. The van der Waals surface area contributed by atoms with Gasteiger partial charge in [0, 0.05) is 88.5 Å². The number of hydrogen-bond donors (Lipinski definition) is 0. The van der Waals surface area contributed by atoms with Crippen LogP contribution in [0.25, 0.3) is 166 Å². The standard InChI is InChI=1S/2C54H36N2O/c1-3-13-37(14-4-1)39-23-25-40(26-24-39)41-27-29-43(30-28-41)55(44-31-33-45(34-32-44)56-50-20-10-7-17-46(50)47-18-8-11-21-51(47)56)52-36-42(38-15-5-2-6-16-38)35-49-48-19-9-12-22-53(48)57-54(49)52;1-2-11-37(12-3-1)38-21-23-39(24-22-38)40-25-29-42(30-26-40)55(43-31-27-41(28-32-43)46-16-10-17-50-49-15-6-9-20-53(49)57-54(46)50)44-33-35-45(36-34-44)56-51-18-7-4-13-47(51)48-14-5-8-19-52(48)56/h2*1-36H. The Morgan fingerprint density at radius 2 is 0.456 bits per heavy atom. The second kappa shape index (κ2) is 28.6. The number of para-hydroxylation sites is 7. The van der Waals surface area contributed by atoms with Crippen LogP contribution in [0.4, 0.5) is 34.1 Å². The highest BCUT2D eigenvalue weighted by Crippen LogP contribution is 2.47. The van der Waals surface area contributed by atoms with Crippen LogP contribution in [-0.2, 0) is 0 Å². The Balaban J connectivity index is 0.000000143. The van der Waals surface area contributed by atoms with Crippen LogP contribution in [0.2, 0.25) is 0 Å². The second-order valence-corrected chi connectivity index (χ2v) is 29.1. The molecule has 0 aliphatic heterocycles. The Bertz CT molecular complexity index is 7160. The molecule has 0 aliphatic carbocycles. The molecule has 0 aliphatic rings. The van der Waals surface area contributed by atoms with Crippen LogP contribution in [0.3, 0.4) is 0 Å². The zero-order valence-corrected chi connectivity index (χ0v) is 62.2. The predicted molar refractivity (Wildman–Crippen MR) is 478 cm³/mol. The third kappa shape index (κ3) is 12.1. The first-order chi connectivity index (χ1) is 56.5. The summed E-state index contributed by atoms with van der Waals surface area (Å²) < 4.78 is 17.9. The number of anilines is 6.